The van der Waals surface area contributed by atoms with Crippen LogP contribution in [0.2, 0.25) is 0 Å². The summed E-state index contributed by atoms with van der Waals surface area (Å²) in [4.78, 5) is 9.51. The molecule has 1 aromatic heterocycles. The van der Waals surface area contributed by atoms with E-state index in [9.17, 15) is 0 Å². The Hall–Kier alpha value is -1.61. The molecule has 17 heavy (non-hydrogen) atoms. The van der Waals surface area contributed by atoms with Gasteiger partial charge in [0.25, 0.3) is 0 Å². The zero-order chi connectivity index (χ0) is 13.1. The third kappa shape index (κ3) is 3.71. The fraction of sp³-hybridized carbons (Fsp3) is 0.364. The lowest BCUT2D eigenvalue weighted by atomic mass is 10.1. The van der Waals surface area contributed by atoms with E-state index in [1.807, 2.05) is 33.0 Å². The van der Waals surface area contributed by atoms with Crippen LogP contribution in [-0.4, -0.2) is 21.4 Å². The minimum atomic E-state index is -0.405. The minimum absolute atomic E-state index is 0.134. The van der Waals surface area contributed by atoms with Crippen LogP contribution < -0.4 is 5.73 Å². The van der Waals surface area contributed by atoms with E-state index in [2.05, 4.69) is 25.9 Å². The van der Waals surface area contributed by atoms with Crippen LogP contribution in [0.5, 0.6) is 0 Å². The van der Waals surface area contributed by atoms with E-state index in [0.29, 0.717) is 5.82 Å². The molecule has 5 nitrogen and oxygen atoms in total. The Balaban J connectivity index is 3.00. The monoisotopic (exact) mass is 295 g/mol. The summed E-state index contributed by atoms with van der Waals surface area (Å²) in [5, 5.41) is 9.04. The first-order valence-electron chi connectivity index (χ1n) is 5.00. The molecule has 0 aliphatic heterocycles. The van der Waals surface area contributed by atoms with Gasteiger partial charge in [-0.3, -0.25) is 0 Å². The Morgan fingerprint density at radius 2 is 2.18 bits per heavy atom. The molecule has 0 saturated heterocycles. The normalized spacial score (nSPS) is 12.1. The third-order valence-electron chi connectivity index (χ3n) is 1.94. The predicted molar refractivity (Wildman–Crippen MR) is 70.4 cm³/mol. The van der Waals surface area contributed by atoms with Gasteiger partial charge in [0, 0.05) is 16.2 Å². The number of guanidine groups is 1. The number of halogens is 1. The number of pyridine rings is 1. The Kier molecular flexibility index (Phi) is 4.07. The van der Waals surface area contributed by atoms with Gasteiger partial charge in [-0.15, -0.1) is 0 Å². The number of nitriles is 1. The van der Waals surface area contributed by atoms with Crippen molar-refractivity contribution in [3.8, 4) is 6.19 Å². The molecule has 0 aliphatic rings. The number of aliphatic imine (C=N–C) groups is 1. The van der Waals surface area contributed by atoms with Crippen molar-refractivity contribution in [1.82, 2.24) is 9.88 Å². The number of rotatable bonds is 1. The van der Waals surface area contributed by atoms with Gasteiger partial charge in [-0.2, -0.15) is 10.3 Å². The van der Waals surface area contributed by atoms with Crippen LogP contribution in [0.1, 0.15) is 20.8 Å². The molecule has 0 spiro atoms. The van der Waals surface area contributed by atoms with Gasteiger partial charge in [0.15, 0.2) is 12.0 Å². The van der Waals surface area contributed by atoms with Crippen molar-refractivity contribution >= 4 is 27.7 Å². The van der Waals surface area contributed by atoms with E-state index < -0.39 is 5.54 Å². The Morgan fingerprint density at radius 3 is 2.59 bits per heavy atom. The van der Waals surface area contributed by atoms with E-state index >= 15 is 0 Å². The Bertz CT molecular complexity index is 452. The molecule has 6 heteroatoms. The molecule has 1 rings (SSSR count). The molecule has 0 atom stereocenters. The highest BCUT2D eigenvalue weighted by Crippen LogP contribution is 2.16. The summed E-state index contributed by atoms with van der Waals surface area (Å²) in [6.45, 7) is 5.65. The maximum atomic E-state index is 9.04. The molecule has 0 radical (unpaired) electrons. The Morgan fingerprint density at radius 1 is 1.53 bits per heavy atom. The van der Waals surface area contributed by atoms with Gasteiger partial charge in [0.05, 0.1) is 0 Å². The summed E-state index contributed by atoms with van der Waals surface area (Å²) >= 11 is 3.28. The van der Waals surface area contributed by atoms with Crippen LogP contribution in [-0.2, 0) is 0 Å². The quantitative estimate of drug-likeness (QED) is 0.373. The smallest absolute Gasteiger partial charge is 0.211 e. The van der Waals surface area contributed by atoms with E-state index in [1.54, 1.807) is 12.3 Å². The fourth-order valence-electron chi connectivity index (χ4n) is 1.15. The average Bonchev–Trinajstić information content (AvgIpc) is 2.20. The highest BCUT2D eigenvalue weighted by atomic mass is 79.9. The summed E-state index contributed by atoms with van der Waals surface area (Å²) < 4.78 is 0.864. The van der Waals surface area contributed by atoms with Crippen molar-refractivity contribution < 1.29 is 0 Å². The van der Waals surface area contributed by atoms with Crippen molar-refractivity contribution in [3.63, 3.8) is 0 Å². The van der Waals surface area contributed by atoms with Gasteiger partial charge < -0.3 is 5.73 Å². The largest absolute Gasteiger partial charge is 0.369 e. The first-order valence-corrected chi connectivity index (χ1v) is 5.79. The molecule has 0 aliphatic carbocycles. The minimum Gasteiger partial charge on any atom is -0.369 e. The van der Waals surface area contributed by atoms with Crippen LogP contribution in [0.3, 0.4) is 0 Å². The number of aromatic nitrogens is 1. The van der Waals surface area contributed by atoms with Gasteiger partial charge in [-0.05, 0) is 48.8 Å². The zero-order valence-electron chi connectivity index (χ0n) is 9.98. The number of nitrogens with zero attached hydrogens (tertiary/aromatic N) is 4. The molecule has 0 fully saturated rings. The van der Waals surface area contributed by atoms with Crippen LogP contribution in [0.25, 0.3) is 0 Å². The second-order valence-electron chi connectivity index (χ2n) is 4.41. The van der Waals surface area contributed by atoms with Crippen molar-refractivity contribution in [3.05, 3.63) is 22.8 Å². The maximum Gasteiger partial charge on any atom is 0.211 e. The maximum absolute atomic E-state index is 9.04. The lowest BCUT2D eigenvalue weighted by Gasteiger charge is -2.28. The molecule has 0 bridgehead atoms. The van der Waals surface area contributed by atoms with Crippen molar-refractivity contribution in [1.29, 1.82) is 5.26 Å². The lowest BCUT2D eigenvalue weighted by molar-refractivity contribution is 0.321. The van der Waals surface area contributed by atoms with Crippen LogP contribution in [0.15, 0.2) is 27.8 Å². The molecule has 90 valence electrons. The number of nitrogens with two attached hydrogens (primary N) is 1. The summed E-state index contributed by atoms with van der Waals surface area (Å²) in [7, 11) is 0. The molecular weight excluding hydrogens is 282 g/mol. The SMILES string of the molecule is CC(C)(C)N(C#N)C(N)=Nc1ccc(Br)cn1. The molecule has 2 N–H and O–H groups in total. The van der Waals surface area contributed by atoms with Crippen molar-refractivity contribution in [2.24, 2.45) is 10.7 Å². The molecule has 0 amide bonds. The molecule has 1 aromatic rings. The van der Waals surface area contributed by atoms with Crippen LogP contribution in [0, 0.1) is 11.5 Å². The molecular formula is C11H14BrN5. The number of hydrogen-bond acceptors (Lipinski definition) is 3. The van der Waals surface area contributed by atoms with E-state index in [4.69, 9.17) is 11.0 Å². The third-order valence-corrected chi connectivity index (χ3v) is 2.41. The molecule has 1 heterocycles. The van der Waals surface area contributed by atoms with Gasteiger partial charge in [-0.25, -0.2) is 9.88 Å². The van der Waals surface area contributed by atoms with Gasteiger partial charge in [-0.1, -0.05) is 0 Å². The van der Waals surface area contributed by atoms with E-state index in [0.717, 1.165) is 4.47 Å². The summed E-state index contributed by atoms with van der Waals surface area (Å²) in [5.41, 5.74) is 5.38. The van der Waals surface area contributed by atoms with Crippen LogP contribution >= 0.6 is 15.9 Å². The predicted octanol–water partition coefficient (Wildman–Crippen LogP) is 2.37. The van der Waals surface area contributed by atoms with E-state index in [-0.39, 0.29) is 5.96 Å². The van der Waals surface area contributed by atoms with Gasteiger partial charge in [0.1, 0.15) is 0 Å². The lowest BCUT2D eigenvalue weighted by Crippen LogP contribution is -2.46. The van der Waals surface area contributed by atoms with Gasteiger partial charge >= 0.3 is 0 Å². The summed E-state index contributed by atoms with van der Waals surface area (Å²) in [6.07, 6.45) is 3.64. The first kappa shape index (κ1) is 13.5. The highest BCUT2D eigenvalue weighted by Gasteiger charge is 2.23. The number of hydrogen-bond donors (Lipinski definition) is 1. The molecule has 0 saturated carbocycles. The second kappa shape index (κ2) is 5.15. The average molecular weight is 296 g/mol. The standard InChI is InChI=1S/C11H14BrN5/c1-11(2,3)17(7-13)10(14)16-9-5-4-8(12)6-15-9/h4-6H,1-3H3,(H2,14,15,16). The Labute approximate surface area is 109 Å². The zero-order valence-corrected chi connectivity index (χ0v) is 11.6. The van der Waals surface area contributed by atoms with E-state index in [1.165, 1.54) is 4.90 Å². The van der Waals surface area contributed by atoms with Crippen molar-refractivity contribution in [2.75, 3.05) is 0 Å². The molecule has 0 unspecified atom stereocenters. The second-order valence-corrected chi connectivity index (χ2v) is 5.33. The fourth-order valence-corrected chi connectivity index (χ4v) is 1.38. The summed E-state index contributed by atoms with van der Waals surface area (Å²) in [6, 6.07) is 3.53. The molecule has 0 aromatic carbocycles. The first-order chi connectivity index (χ1) is 7.84. The van der Waals surface area contributed by atoms with Gasteiger partial charge in [0.2, 0.25) is 5.96 Å². The topological polar surface area (TPSA) is 78.3 Å². The van der Waals surface area contributed by atoms with Crippen LogP contribution in [0.4, 0.5) is 5.82 Å². The highest BCUT2D eigenvalue weighted by molar-refractivity contribution is 9.10. The van der Waals surface area contributed by atoms with Crippen molar-refractivity contribution in [2.45, 2.75) is 26.3 Å². The summed E-state index contributed by atoms with van der Waals surface area (Å²) in [5.74, 6) is 0.602.